The number of carbonyl (C=O) groups is 1. The lowest BCUT2D eigenvalue weighted by Crippen LogP contribution is -2.11. The van der Waals surface area contributed by atoms with Crippen LogP contribution in [0.25, 0.3) is 0 Å². The molecule has 0 aliphatic rings. The maximum absolute atomic E-state index is 12.4. The molecule has 2 rings (SSSR count). The first-order valence-corrected chi connectivity index (χ1v) is 6.56. The van der Waals surface area contributed by atoms with Crippen molar-refractivity contribution in [2.75, 3.05) is 0 Å². The van der Waals surface area contributed by atoms with Crippen LogP contribution < -0.4 is 0 Å². The summed E-state index contributed by atoms with van der Waals surface area (Å²) in [6, 6.07) is 11.5. The number of hydrogen-bond acceptors (Lipinski definition) is 3. The van der Waals surface area contributed by atoms with E-state index in [4.69, 9.17) is 0 Å². The van der Waals surface area contributed by atoms with Gasteiger partial charge >= 0.3 is 0 Å². The average Bonchev–Trinajstić information content (AvgIpc) is 2.83. The smallest absolute Gasteiger partial charge is 0.185 e. The van der Waals surface area contributed by atoms with Gasteiger partial charge in [0.2, 0.25) is 0 Å². The van der Waals surface area contributed by atoms with Crippen LogP contribution in [0.5, 0.6) is 0 Å². The molecule has 0 bridgehead atoms. The molecule has 1 aromatic heterocycles. The molecular formula is C15H13NOS. The minimum Gasteiger partial charge on any atom is -0.292 e. The van der Waals surface area contributed by atoms with Crippen LogP contribution in [0, 0.1) is 25.2 Å². The number of nitriles is 1. The zero-order chi connectivity index (χ0) is 13.1. The molecular weight excluding hydrogens is 242 g/mol. The summed E-state index contributed by atoms with van der Waals surface area (Å²) < 4.78 is 0. The summed E-state index contributed by atoms with van der Waals surface area (Å²) >= 11 is 1.44. The number of Topliss-reactive ketones (excluding diaryl/α,β-unsaturated/α-hetero) is 1. The molecule has 3 heteroatoms. The van der Waals surface area contributed by atoms with E-state index in [1.165, 1.54) is 11.3 Å². The lowest BCUT2D eigenvalue weighted by atomic mass is 9.93. The second-order valence-electron chi connectivity index (χ2n) is 4.26. The van der Waals surface area contributed by atoms with Crippen LogP contribution in [0.2, 0.25) is 0 Å². The van der Waals surface area contributed by atoms with E-state index >= 15 is 0 Å². The maximum atomic E-state index is 12.4. The highest BCUT2D eigenvalue weighted by atomic mass is 32.1. The lowest BCUT2D eigenvalue weighted by Gasteiger charge is -2.09. The van der Waals surface area contributed by atoms with Crippen molar-refractivity contribution < 1.29 is 4.79 Å². The van der Waals surface area contributed by atoms with Crippen LogP contribution >= 0.6 is 11.3 Å². The zero-order valence-corrected chi connectivity index (χ0v) is 11.1. The van der Waals surface area contributed by atoms with Gasteiger partial charge in [0.05, 0.1) is 6.07 Å². The molecule has 0 aliphatic heterocycles. The van der Waals surface area contributed by atoms with Crippen molar-refractivity contribution in [1.82, 2.24) is 0 Å². The molecule has 1 atom stereocenters. The number of hydrogen-bond donors (Lipinski definition) is 0. The minimum absolute atomic E-state index is 0.113. The van der Waals surface area contributed by atoms with E-state index in [1.54, 1.807) is 0 Å². The topological polar surface area (TPSA) is 40.9 Å². The van der Waals surface area contributed by atoms with Crippen molar-refractivity contribution >= 4 is 17.1 Å². The molecule has 0 saturated carbocycles. The second-order valence-corrected chi connectivity index (χ2v) is 5.24. The first-order chi connectivity index (χ1) is 8.63. The summed E-state index contributed by atoms with van der Waals surface area (Å²) in [6.45, 7) is 3.89. The van der Waals surface area contributed by atoms with E-state index in [0.29, 0.717) is 5.56 Å². The normalized spacial score (nSPS) is 11.8. The van der Waals surface area contributed by atoms with E-state index in [2.05, 4.69) is 6.07 Å². The largest absolute Gasteiger partial charge is 0.292 e. The van der Waals surface area contributed by atoms with Crippen molar-refractivity contribution in [3.05, 3.63) is 57.3 Å². The van der Waals surface area contributed by atoms with Crippen LogP contribution in [0.1, 0.15) is 32.3 Å². The Balaban J connectivity index is 2.39. The molecule has 0 radical (unpaired) electrons. The summed E-state index contributed by atoms with van der Waals surface area (Å²) in [5, 5.41) is 11.1. The van der Waals surface area contributed by atoms with Crippen LogP contribution in [0.15, 0.2) is 35.7 Å². The number of rotatable bonds is 3. The Labute approximate surface area is 111 Å². The van der Waals surface area contributed by atoms with Crippen LogP contribution in [-0.2, 0) is 0 Å². The summed E-state index contributed by atoms with van der Waals surface area (Å²) in [7, 11) is 0. The molecule has 1 aromatic carbocycles. The Kier molecular flexibility index (Phi) is 3.59. The molecule has 0 amide bonds. The van der Waals surface area contributed by atoms with Crippen molar-refractivity contribution in [1.29, 1.82) is 5.26 Å². The minimum atomic E-state index is -0.689. The molecule has 90 valence electrons. The molecule has 0 saturated heterocycles. The SMILES string of the molecule is Cc1ccc(C(=O)C(C#N)c2cccs2)c(C)c1. The first kappa shape index (κ1) is 12.5. The van der Waals surface area contributed by atoms with Gasteiger partial charge in [0, 0.05) is 10.4 Å². The Morgan fingerprint density at radius 2 is 2.11 bits per heavy atom. The Hall–Kier alpha value is -1.92. The predicted octanol–water partition coefficient (Wildman–Crippen LogP) is 3.86. The number of nitrogens with zero attached hydrogens (tertiary/aromatic N) is 1. The van der Waals surface area contributed by atoms with Gasteiger partial charge in [0.25, 0.3) is 0 Å². The third-order valence-corrected chi connectivity index (χ3v) is 3.80. The van der Waals surface area contributed by atoms with Crippen LogP contribution in [0.3, 0.4) is 0 Å². The Bertz CT molecular complexity index is 608. The van der Waals surface area contributed by atoms with Crippen molar-refractivity contribution in [2.45, 2.75) is 19.8 Å². The lowest BCUT2D eigenvalue weighted by molar-refractivity contribution is 0.0979. The number of ketones is 1. The van der Waals surface area contributed by atoms with Gasteiger partial charge in [0.15, 0.2) is 5.78 Å². The van der Waals surface area contributed by atoms with E-state index < -0.39 is 5.92 Å². The standard InChI is InChI=1S/C15H13NOS/c1-10-5-6-12(11(2)8-10)15(17)13(9-16)14-4-3-7-18-14/h3-8,13H,1-2H3. The highest BCUT2D eigenvalue weighted by Crippen LogP contribution is 2.26. The summed E-state index contributed by atoms with van der Waals surface area (Å²) in [6.07, 6.45) is 0. The van der Waals surface area contributed by atoms with Gasteiger partial charge in [-0.05, 0) is 30.9 Å². The quantitative estimate of drug-likeness (QED) is 0.781. The first-order valence-electron chi connectivity index (χ1n) is 5.68. The fourth-order valence-corrected chi connectivity index (χ4v) is 2.72. The van der Waals surface area contributed by atoms with Crippen LogP contribution in [-0.4, -0.2) is 5.78 Å². The average molecular weight is 255 g/mol. The summed E-state index contributed by atoms with van der Waals surface area (Å²) in [5.41, 5.74) is 2.69. The molecule has 2 aromatic rings. The highest BCUT2D eigenvalue weighted by Gasteiger charge is 2.23. The van der Waals surface area contributed by atoms with Crippen molar-refractivity contribution in [2.24, 2.45) is 0 Å². The van der Waals surface area contributed by atoms with Gasteiger partial charge in [-0.1, -0.05) is 29.8 Å². The van der Waals surface area contributed by atoms with E-state index in [-0.39, 0.29) is 5.78 Å². The fraction of sp³-hybridized carbons (Fsp3) is 0.200. The predicted molar refractivity (Wildman–Crippen MR) is 72.9 cm³/mol. The highest BCUT2D eigenvalue weighted by molar-refractivity contribution is 7.10. The zero-order valence-electron chi connectivity index (χ0n) is 10.3. The van der Waals surface area contributed by atoms with E-state index in [0.717, 1.165) is 16.0 Å². The van der Waals surface area contributed by atoms with Crippen LogP contribution in [0.4, 0.5) is 0 Å². The molecule has 2 nitrogen and oxygen atoms in total. The molecule has 0 fully saturated rings. The van der Waals surface area contributed by atoms with E-state index in [9.17, 15) is 10.1 Å². The molecule has 1 unspecified atom stereocenters. The maximum Gasteiger partial charge on any atom is 0.185 e. The molecule has 0 spiro atoms. The molecule has 0 aliphatic carbocycles. The number of benzene rings is 1. The second kappa shape index (κ2) is 5.16. The summed E-state index contributed by atoms with van der Waals surface area (Å²) in [5.74, 6) is -0.802. The monoisotopic (exact) mass is 255 g/mol. The number of thiophene rings is 1. The molecule has 0 N–H and O–H groups in total. The third kappa shape index (κ3) is 2.34. The van der Waals surface area contributed by atoms with Crippen molar-refractivity contribution in [3.63, 3.8) is 0 Å². The van der Waals surface area contributed by atoms with E-state index in [1.807, 2.05) is 49.6 Å². The Morgan fingerprint density at radius 1 is 1.33 bits per heavy atom. The third-order valence-electron chi connectivity index (χ3n) is 2.87. The van der Waals surface area contributed by atoms with Gasteiger partial charge in [0.1, 0.15) is 5.92 Å². The van der Waals surface area contributed by atoms with Crippen molar-refractivity contribution in [3.8, 4) is 6.07 Å². The molecule has 18 heavy (non-hydrogen) atoms. The fourth-order valence-electron chi connectivity index (χ4n) is 1.95. The van der Waals surface area contributed by atoms with Gasteiger partial charge in [-0.15, -0.1) is 11.3 Å². The van der Waals surface area contributed by atoms with Gasteiger partial charge in [-0.3, -0.25) is 4.79 Å². The van der Waals surface area contributed by atoms with Gasteiger partial charge < -0.3 is 0 Å². The van der Waals surface area contributed by atoms with Gasteiger partial charge in [-0.25, -0.2) is 0 Å². The Morgan fingerprint density at radius 3 is 2.67 bits per heavy atom. The van der Waals surface area contributed by atoms with Gasteiger partial charge in [-0.2, -0.15) is 5.26 Å². The number of carbonyl (C=O) groups excluding carboxylic acids is 1. The number of aryl methyl sites for hydroxylation is 2. The summed E-state index contributed by atoms with van der Waals surface area (Å²) in [4.78, 5) is 13.2. The molecule has 1 heterocycles.